The lowest BCUT2D eigenvalue weighted by atomic mass is 9.84. The number of fused-ring (bicyclic) bond motifs is 1. The van der Waals surface area contributed by atoms with Crippen LogP contribution in [0.2, 0.25) is 0 Å². The first-order chi connectivity index (χ1) is 9.79. The Balaban J connectivity index is 2.09. The Bertz CT molecular complexity index is 628. The zero-order valence-corrected chi connectivity index (χ0v) is 13.5. The maximum atomic E-state index is 12.4. The van der Waals surface area contributed by atoms with Crippen molar-refractivity contribution in [2.24, 2.45) is 5.41 Å². The number of hydrogen-bond donors (Lipinski definition) is 2. The first-order valence-corrected chi connectivity index (χ1v) is 7.32. The first kappa shape index (κ1) is 15.6. The molecule has 2 aromatic rings. The van der Waals surface area contributed by atoms with Crippen LogP contribution in [0.3, 0.4) is 0 Å². The Hall–Kier alpha value is -1.81. The summed E-state index contributed by atoms with van der Waals surface area (Å²) in [4.78, 5) is 17.7. The topological polar surface area (TPSA) is 48.1 Å². The zero-order valence-electron chi connectivity index (χ0n) is 13.5. The van der Waals surface area contributed by atoms with Gasteiger partial charge in [-0.3, -0.25) is 4.79 Å². The minimum atomic E-state index is -0.0163. The molecule has 21 heavy (non-hydrogen) atoms. The van der Waals surface area contributed by atoms with Crippen LogP contribution in [0.1, 0.15) is 31.1 Å². The van der Waals surface area contributed by atoms with Crippen molar-refractivity contribution in [3.05, 3.63) is 36.0 Å². The molecule has 1 aromatic heterocycles. The summed E-state index contributed by atoms with van der Waals surface area (Å²) in [6.07, 6.45) is 1.88. The Labute approximate surface area is 126 Å². The predicted molar refractivity (Wildman–Crippen MR) is 87.6 cm³/mol. The van der Waals surface area contributed by atoms with E-state index < -0.39 is 0 Å². The Morgan fingerprint density at radius 1 is 1.33 bits per heavy atom. The number of nitrogens with one attached hydrogen (secondary N) is 2. The molecule has 2 rings (SSSR count). The molecule has 1 aromatic carbocycles. The van der Waals surface area contributed by atoms with Gasteiger partial charge in [0.15, 0.2) is 0 Å². The van der Waals surface area contributed by atoms with Crippen molar-refractivity contribution in [2.45, 2.75) is 26.8 Å². The highest BCUT2D eigenvalue weighted by molar-refractivity contribution is 5.98. The molecule has 0 aliphatic carbocycles. The maximum Gasteiger partial charge on any atom is 0.251 e. The molecule has 4 heteroatoms. The highest BCUT2D eigenvalue weighted by Crippen LogP contribution is 2.22. The first-order valence-electron chi connectivity index (χ1n) is 7.32. The van der Waals surface area contributed by atoms with Crippen LogP contribution in [-0.4, -0.2) is 42.5 Å². The van der Waals surface area contributed by atoms with E-state index in [1.807, 2.05) is 30.5 Å². The van der Waals surface area contributed by atoms with Gasteiger partial charge in [0.1, 0.15) is 0 Å². The van der Waals surface area contributed by atoms with Crippen LogP contribution in [0.4, 0.5) is 0 Å². The smallest absolute Gasteiger partial charge is 0.251 e. The molecule has 0 aliphatic rings. The second kappa shape index (κ2) is 5.90. The molecule has 0 radical (unpaired) electrons. The van der Waals surface area contributed by atoms with E-state index in [1.54, 1.807) is 0 Å². The van der Waals surface area contributed by atoms with Gasteiger partial charge in [0.25, 0.3) is 5.91 Å². The van der Waals surface area contributed by atoms with Crippen LogP contribution >= 0.6 is 0 Å². The number of benzene rings is 1. The molecule has 4 nitrogen and oxygen atoms in total. The average Bonchev–Trinajstić information content (AvgIpc) is 2.83. The highest BCUT2D eigenvalue weighted by Gasteiger charge is 2.28. The van der Waals surface area contributed by atoms with E-state index in [1.165, 1.54) is 0 Å². The van der Waals surface area contributed by atoms with Gasteiger partial charge in [0.2, 0.25) is 0 Å². The van der Waals surface area contributed by atoms with Crippen molar-refractivity contribution in [3.8, 4) is 0 Å². The van der Waals surface area contributed by atoms with E-state index in [4.69, 9.17) is 0 Å². The monoisotopic (exact) mass is 287 g/mol. The molecule has 0 saturated carbocycles. The summed E-state index contributed by atoms with van der Waals surface area (Å²) in [6, 6.07) is 7.80. The minimum Gasteiger partial charge on any atom is -0.361 e. The summed E-state index contributed by atoms with van der Waals surface area (Å²) in [5.41, 5.74) is 1.76. The number of H-pyrrole nitrogens is 1. The SMILES string of the molecule is CC(NC(=O)c1ccc2[nH]ccc2c1)C(C)(C)CN(C)C. The van der Waals surface area contributed by atoms with Crippen molar-refractivity contribution >= 4 is 16.8 Å². The van der Waals surface area contributed by atoms with Gasteiger partial charge in [-0.25, -0.2) is 0 Å². The van der Waals surface area contributed by atoms with Gasteiger partial charge in [-0.05, 0) is 50.7 Å². The summed E-state index contributed by atoms with van der Waals surface area (Å²) in [7, 11) is 4.10. The Morgan fingerprint density at radius 3 is 2.71 bits per heavy atom. The van der Waals surface area contributed by atoms with Crippen LogP contribution in [0.5, 0.6) is 0 Å². The van der Waals surface area contributed by atoms with Gasteiger partial charge in [-0.15, -0.1) is 0 Å². The third-order valence-corrected chi connectivity index (χ3v) is 4.06. The van der Waals surface area contributed by atoms with Crippen LogP contribution < -0.4 is 5.32 Å². The van der Waals surface area contributed by atoms with E-state index in [0.29, 0.717) is 5.56 Å². The van der Waals surface area contributed by atoms with E-state index >= 15 is 0 Å². The van der Waals surface area contributed by atoms with Crippen LogP contribution in [0.25, 0.3) is 10.9 Å². The standard InChI is InChI=1S/C17H25N3O/c1-12(17(2,3)11-20(4)5)19-16(21)14-6-7-15-13(10-14)8-9-18-15/h6-10,12,18H,11H2,1-5H3,(H,19,21). The summed E-state index contributed by atoms with van der Waals surface area (Å²) >= 11 is 0. The van der Waals surface area contributed by atoms with E-state index in [2.05, 4.69) is 50.1 Å². The summed E-state index contributed by atoms with van der Waals surface area (Å²) in [5.74, 6) is -0.0163. The van der Waals surface area contributed by atoms with Crippen LogP contribution in [-0.2, 0) is 0 Å². The normalized spacial score (nSPS) is 13.6. The van der Waals surface area contributed by atoms with Crippen molar-refractivity contribution in [2.75, 3.05) is 20.6 Å². The average molecular weight is 287 g/mol. The summed E-state index contributed by atoms with van der Waals surface area (Å²) in [6.45, 7) is 7.34. The Kier molecular flexibility index (Phi) is 4.37. The number of nitrogens with zero attached hydrogens (tertiary/aromatic N) is 1. The second-order valence-electron chi connectivity index (χ2n) is 6.70. The molecule has 1 atom stereocenters. The molecule has 0 bridgehead atoms. The summed E-state index contributed by atoms with van der Waals surface area (Å²) < 4.78 is 0. The molecule has 1 amide bonds. The molecule has 0 saturated heterocycles. The molecular weight excluding hydrogens is 262 g/mol. The lowest BCUT2D eigenvalue weighted by Gasteiger charge is -2.34. The lowest BCUT2D eigenvalue weighted by Crippen LogP contribution is -2.47. The Morgan fingerprint density at radius 2 is 2.05 bits per heavy atom. The van der Waals surface area contributed by atoms with E-state index in [-0.39, 0.29) is 17.4 Å². The van der Waals surface area contributed by atoms with Crippen LogP contribution in [0, 0.1) is 5.41 Å². The predicted octanol–water partition coefficient (Wildman–Crippen LogP) is 2.87. The van der Waals surface area contributed by atoms with Gasteiger partial charge in [-0.2, -0.15) is 0 Å². The fraction of sp³-hybridized carbons (Fsp3) is 0.471. The number of aromatic nitrogens is 1. The molecule has 2 N–H and O–H groups in total. The van der Waals surface area contributed by atoms with Crippen molar-refractivity contribution in [1.29, 1.82) is 0 Å². The minimum absolute atomic E-state index is 0.0113. The fourth-order valence-corrected chi connectivity index (χ4v) is 2.62. The van der Waals surface area contributed by atoms with Crippen molar-refractivity contribution in [3.63, 3.8) is 0 Å². The van der Waals surface area contributed by atoms with Gasteiger partial charge in [-0.1, -0.05) is 13.8 Å². The number of carbonyl (C=O) groups is 1. The number of rotatable bonds is 5. The molecule has 1 unspecified atom stereocenters. The van der Waals surface area contributed by atoms with Crippen molar-refractivity contribution < 1.29 is 4.79 Å². The molecule has 114 valence electrons. The maximum absolute atomic E-state index is 12.4. The number of hydrogen-bond acceptors (Lipinski definition) is 2. The molecule has 0 fully saturated rings. The van der Waals surface area contributed by atoms with Gasteiger partial charge < -0.3 is 15.2 Å². The van der Waals surface area contributed by atoms with Crippen LogP contribution in [0.15, 0.2) is 30.5 Å². The molecular formula is C17H25N3O. The number of amides is 1. The van der Waals surface area contributed by atoms with Gasteiger partial charge in [0, 0.05) is 35.2 Å². The fourth-order valence-electron chi connectivity index (χ4n) is 2.62. The zero-order chi connectivity index (χ0) is 15.6. The van der Waals surface area contributed by atoms with Crippen molar-refractivity contribution in [1.82, 2.24) is 15.2 Å². The number of carbonyl (C=O) groups excluding carboxylic acids is 1. The number of aromatic amines is 1. The largest absolute Gasteiger partial charge is 0.361 e. The lowest BCUT2D eigenvalue weighted by molar-refractivity contribution is 0.0886. The van der Waals surface area contributed by atoms with E-state index in [0.717, 1.165) is 17.4 Å². The third-order valence-electron chi connectivity index (χ3n) is 4.06. The molecule has 1 heterocycles. The quantitative estimate of drug-likeness (QED) is 0.888. The van der Waals surface area contributed by atoms with Gasteiger partial charge in [0.05, 0.1) is 0 Å². The van der Waals surface area contributed by atoms with Gasteiger partial charge >= 0.3 is 0 Å². The molecule has 0 spiro atoms. The third kappa shape index (κ3) is 3.64. The summed E-state index contributed by atoms with van der Waals surface area (Å²) in [5, 5.41) is 4.18. The van der Waals surface area contributed by atoms with E-state index in [9.17, 15) is 4.79 Å². The highest BCUT2D eigenvalue weighted by atomic mass is 16.1. The molecule has 0 aliphatic heterocycles. The second-order valence-corrected chi connectivity index (χ2v) is 6.70.